The van der Waals surface area contributed by atoms with Crippen molar-refractivity contribution in [2.24, 2.45) is 11.8 Å². The van der Waals surface area contributed by atoms with Crippen LogP contribution in [0.4, 0.5) is 4.39 Å². The molecule has 2 saturated carbocycles. The highest BCUT2D eigenvalue weighted by Crippen LogP contribution is 2.64. The van der Waals surface area contributed by atoms with Crippen LogP contribution in [0.5, 0.6) is 0 Å². The normalized spacial score (nSPS) is 36.9. The number of hydrogen-bond donors (Lipinski definition) is 1. The van der Waals surface area contributed by atoms with Crippen molar-refractivity contribution in [2.45, 2.75) is 31.3 Å². The number of fused-ring (bicyclic) bond motifs is 1. The van der Waals surface area contributed by atoms with E-state index in [0.29, 0.717) is 5.56 Å². The fraction of sp³-hybridized carbons (Fsp3) is 0.538. The van der Waals surface area contributed by atoms with Crippen LogP contribution in [-0.2, 0) is 5.60 Å². The third kappa shape index (κ3) is 1.26. The van der Waals surface area contributed by atoms with Gasteiger partial charge in [0.05, 0.1) is 10.6 Å². The van der Waals surface area contributed by atoms with Gasteiger partial charge in [0.15, 0.2) is 0 Å². The third-order valence-corrected chi connectivity index (χ3v) is 4.46. The van der Waals surface area contributed by atoms with E-state index < -0.39 is 11.4 Å². The standard InChI is InChI=1S/C13H14ClFO/c14-11-7-3-6-10(12(11)15)13(16)8-4-1-2-5-9(8)13/h3,6-9,16H,1-2,4-5H2. The topological polar surface area (TPSA) is 20.2 Å². The van der Waals surface area contributed by atoms with Crippen LogP contribution in [0.25, 0.3) is 0 Å². The van der Waals surface area contributed by atoms with E-state index in [2.05, 4.69) is 0 Å². The molecule has 1 aromatic carbocycles. The van der Waals surface area contributed by atoms with E-state index in [1.54, 1.807) is 12.1 Å². The van der Waals surface area contributed by atoms with Gasteiger partial charge in [-0.15, -0.1) is 0 Å². The lowest BCUT2D eigenvalue weighted by atomic mass is 10.0. The van der Waals surface area contributed by atoms with Crippen LogP contribution in [0.2, 0.25) is 5.02 Å². The summed E-state index contributed by atoms with van der Waals surface area (Å²) in [4.78, 5) is 0. The Morgan fingerprint density at radius 3 is 2.50 bits per heavy atom. The van der Waals surface area contributed by atoms with Gasteiger partial charge in [0.1, 0.15) is 5.82 Å². The van der Waals surface area contributed by atoms with Gasteiger partial charge in [-0.1, -0.05) is 36.6 Å². The summed E-state index contributed by atoms with van der Waals surface area (Å²) >= 11 is 5.76. The van der Waals surface area contributed by atoms with Crippen LogP contribution in [-0.4, -0.2) is 5.11 Å². The van der Waals surface area contributed by atoms with Crippen molar-refractivity contribution in [1.82, 2.24) is 0 Å². The summed E-state index contributed by atoms with van der Waals surface area (Å²) < 4.78 is 13.9. The van der Waals surface area contributed by atoms with Gasteiger partial charge in [-0.25, -0.2) is 4.39 Å². The first-order valence-electron chi connectivity index (χ1n) is 5.82. The van der Waals surface area contributed by atoms with Gasteiger partial charge >= 0.3 is 0 Å². The van der Waals surface area contributed by atoms with Crippen molar-refractivity contribution in [3.63, 3.8) is 0 Å². The molecule has 0 bridgehead atoms. The molecular formula is C13H14ClFO. The summed E-state index contributed by atoms with van der Waals surface area (Å²) in [5, 5.41) is 10.7. The average Bonchev–Trinajstić information content (AvgIpc) is 2.91. The zero-order valence-corrected chi connectivity index (χ0v) is 9.67. The molecule has 16 heavy (non-hydrogen) atoms. The summed E-state index contributed by atoms with van der Waals surface area (Å²) in [6, 6.07) is 4.90. The van der Waals surface area contributed by atoms with E-state index in [4.69, 9.17) is 11.6 Å². The summed E-state index contributed by atoms with van der Waals surface area (Å²) in [6.07, 6.45) is 4.30. The van der Waals surface area contributed by atoms with Crippen molar-refractivity contribution in [3.8, 4) is 0 Å². The molecule has 0 spiro atoms. The van der Waals surface area contributed by atoms with E-state index in [9.17, 15) is 9.50 Å². The van der Waals surface area contributed by atoms with E-state index in [-0.39, 0.29) is 16.9 Å². The fourth-order valence-corrected chi connectivity index (χ4v) is 3.48. The quantitative estimate of drug-likeness (QED) is 0.797. The largest absolute Gasteiger partial charge is 0.384 e. The Bertz CT molecular complexity index is 420. The van der Waals surface area contributed by atoms with Crippen LogP contribution in [0, 0.1) is 17.7 Å². The number of benzene rings is 1. The molecule has 2 fully saturated rings. The Labute approximate surface area is 99.2 Å². The molecule has 2 atom stereocenters. The molecule has 3 heteroatoms. The zero-order chi connectivity index (χ0) is 11.3. The Morgan fingerprint density at radius 2 is 1.88 bits per heavy atom. The molecule has 1 nitrogen and oxygen atoms in total. The van der Waals surface area contributed by atoms with Gasteiger partial charge in [-0.2, -0.15) is 0 Å². The first kappa shape index (κ1) is 10.5. The van der Waals surface area contributed by atoms with Gasteiger partial charge in [0.25, 0.3) is 0 Å². The predicted molar refractivity (Wildman–Crippen MR) is 60.8 cm³/mol. The highest BCUT2D eigenvalue weighted by atomic mass is 35.5. The molecule has 86 valence electrons. The summed E-state index contributed by atoms with van der Waals surface area (Å²) in [6.45, 7) is 0. The smallest absolute Gasteiger partial charge is 0.147 e. The van der Waals surface area contributed by atoms with E-state index in [0.717, 1.165) is 25.7 Å². The highest BCUT2D eigenvalue weighted by molar-refractivity contribution is 6.30. The van der Waals surface area contributed by atoms with Crippen molar-refractivity contribution in [3.05, 3.63) is 34.6 Å². The Balaban J connectivity index is 2.01. The van der Waals surface area contributed by atoms with E-state index in [1.165, 1.54) is 6.07 Å². The predicted octanol–water partition coefficient (Wildman–Crippen LogP) is 3.49. The van der Waals surface area contributed by atoms with Gasteiger partial charge in [0.2, 0.25) is 0 Å². The molecule has 0 amide bonds. The van der Waals surface area contributed by atoms with Crippen LogP contribution >= 0.6 is 11.6 Å². The molecule has 2 unspecified atom stereocenters. The minimum Gasteiger partial charge on any atom is -0.384 e. The monoisotopic (exact) mass is 240 g/mol. The van der Waals surface area contributed by atoms with Crippen LogP contribution < -0.4 is 0 Å². The lowest BCUT2D eigenvalue weighted by molar-refractivity contribution is 0.113. The van der Waals surface area contributed by atoms with Gasteiger partial charge < -0.3 is 5.11 Å². The fourth-order valence-electron chi connectivity index (χ4n) is 3.31. The second-order valence-electron chi connectivity index (χ2n) is 4.92. The second kappa shape index (κ2) is 3.44. The van der Waals surface area contributed by atoms with Gasteiger partial charge in [0, 0.05) is 5.56 Å². The number of hydrogen-bond acceptors (Lipinski definition) is 1. The molecule has 0 heterocycles. The molecule has 1 N–H and O–H groups in total. The maximum absolute atomic E-state index is 13.9. The Kier molecular flexibility index (Phi) is 2.27. The molecule has 2 aliphatic carbocycles. The van der Waals surface area contributed by atoms with Crippen molar-refractivity contribution in [1.29, 1.82) is 0 Å². The molecule has 3 rings (SSSR count). The zero-order valence-electron chi connectivity index (χ0n) is 8.92. The first-order chi connectivity index (χ1) is 7.65. The maximum atomic E-state index is 13.9. The van der Waals surface area contributed by atoms with Crippen molar-refractivity contribution < 1.29 is 9.50 Å². The van der Waals surface area contributed by atoms with Gasteiger partial charge in [-0.3, -0.25) is 0 Å². The summed E-state index contributed by atoms with van der Waals surface area (Å²) in [7, 11) is 0. The molecule has 0 radical (unpaired) electrons. The van der Waals surface area contributed by atoms with E-state index in [1.807, 2.05) is 0 Å². The summed E-state index contributed by atoms with van der Waals surface area (Å²) in [5.74, 6) is 0.0458. The molecule has 1 aromatic rings. The minimum atomic E-state index is -0.939. The Morgan fingerprint density at radius 1 is 1.25 bits per heavy atom. The molecule has 2 aliphatic rings. The van der Waals surface area contributed by atoms with Crippen molar-refractivity contribution >= 4 is 11.6 Å². The van der Waals surface area contributed by atoms with Crippen LogP contribution in [0.1, 0.15) is 31.2 Å². The molecule has 0 aromatic heterocycles. The third-order valence-electron chi connectivity index (χ3n) is 4.17. The first-order valence-corrected chi connectivity index (χ1v) is 6.20. The lowest BCUT2D eigenvalue weighted by Crippen LogP contribution is -2.12. The average molecular weight is 241 g/mol. The number of halogens is 2. The summed E-state index contributed by atoms with van der Waals surface area (Å²) in [5.41, 5.74) is -0.539. The minimum absolute atomic E-state index is 0.106. The van der Waals surface area contributed by atoms with Crippen molar-refractivity contribution in [2.75, 3.05) is 0 Å². The number of aliphatic hydroxyl groups is 1. The second-order valence-corrected chi connectivity index (χ2v) is 5.33. The number of rotatable bonds is 1. The van der Waals surface area contributed by atoms with Crippen LogP contribution in [0.15, 0.2) is 18.2 Å². The molecule has 0 aliphatic heterocycles. The Hall–Kier alpha value is -0.600. The molecular weight excluding hydrogens is 227 g/mol. The SMILES string of the molecule is OC1(c2cccc(Cl)c2F)C2CCCCC21. The van der Waals surface area contributed by atoms with Crippen LogP contribution in [0.3, 0.4) is 0 Å². The van der Waals surface area contributed by atoms with E-state index >= 15 is 0 Å². The lowest BCUT2D eigenvalue weighted by Gasteiger charge is -2.12. The highest BCUT2D eigenvalue weighted by Gasteiger charge is 2.65. The van der Waals surface area contributed by atoms with Gasteiger partial charge in [-0.05, 0) is 30.7 Å². The maximum Gasteiger partial charge on any atom is 0.147 e. The molecule has 0 saturated heterocycles.